The van der Waals surface area contributed by atoms with Gasteiger partial charge in [0.15, 0.2) is 5.82 Å². The second-order valence-corrected chi connectivity index (χ2v) is 11.0. The van der Waals surface area contributed by atoms with E-state index in [9.17, 15) is 9.90 Å². The molecule has 1 aromatic carbocycles. The zero-order valence-corrected chi connectivity index (χ0v) is 23.3. The third kappa shape index (κ3) is 6.79. The number of unbranched alkanes of at least 4 members (excludes halogenated alkanes) is 1. The molecule has 0 bridgehead atoms. The Hall–Kier alpha value is -4.11. The van der Waals surface area contributed by atoms with Gasteiger partial charge in [0.25, 0.3) is 0 Å². The van der Waals surface area contributed by atoms with Gasteiger partial charge < -0.3 is 20.6 Å². The largest absolute Gasteiger partial charge is 0.480 e. The molecule has 0 saturated heterocycles. The van der Waals surface area contributed by atoms with Crippen LogP contribution in [0.25, 0.3) is 22.3 Å². The van der Waals surface area contributed by atoms with Gasteiger partial charge in [0.1, 0.15) is 17.7 Å². The number of aliphatic carboxylic acids is 1. The van der Waals surface area contributed by atoms with E-state index in [1.165, 1.54) is 24.8 Å². The van der Waals surface area contributed by atoms with Crippen LogP contribution in [0.4, 0.5) is 11.6 Å². The first kappa shape index (κ1) is 27.1. The number of aromatic nitrogens is 4. The average Bonchev–Trinajstić information content (AvgIpc) is 3.86. The van der Waals surface area contributed by atoms with E-state index in [2.05, 4.69) is 32.7 Å². The van der Waals surface area contributed by atoms with Gasteiger partial charge in [0.05, 0.1) is 5.52 Å². The van der Waals surface area contributed by atoms with Crippen molar-refractivity contribution >= 4 is 28.5 Å². The van der Waals surface area contributed by atoms with Gasteiger partial charge in [-0.05, 0) is 93.8 Å². The number of hydrogen-bond donors (Lipinski definition) is 3. The molecule has 1 saturated carbocycles. The summed E-state index contributed by atoms with van der Waals surface area (Å²) >= 11 is 0. The summed E-state index contributed by atoms with van der Waals surface area (Å²) in [7, 11) is 0. The molecule has 1 fully saturated rings. The molecule has 4 heterocycles. The van der Waals surface area contributed by atoms with Crippen LogP contribution in [0.15, 0.2) is 60.9 Å². The van der Waals surface area contributed by atoms with Gasteiger partial charge in [-0.1, -0.05) is 18.2 Å². The predicted octanol–water partition coefficient (Wildman–Crippen LogP) is 5.19. The number of rotatable bonds is 13. The average molecular weight is 552 g/mol. The number of aryl methyl sites for hydroxylation is 2. The molecule has 0 radical (unpaired) electrons. The van der Waals surface area contributed by atoms with E-state index >= 15 is 0 Å². The van der Waals surface area contributed by atoms with Crippen molar-refractivity contribution in [3.63, 3.8) is 0 Å². The fourth-order valence-electron chi connectivity index (χ4n) is 5.57. The third-order valence-electron chi connectivity index (χ3n) is 7.98. The summed E-state index contributed by atoms with van der Waals surface area (Å²) in [6, 6.07) is 15.6. The van der Waals surface area contributed by atoms with Gasteiger partial charge in [-0.2, -0.15) is 0 Å². The summed E-state index contributed by atoms with van der Waals surface area (Å²) in [5.74, 6) is 1.24. The van der Waals surface area contributed by atoms with E-state index in [1.54, 1.807) is 12.4 Å². The number of hydrogen-bond acceptors (Lipinski definition) is 8. The highest BCUT2D eigenvalue weighted by atomic mass is 16.4. The van der Waals surface area contributed by atoms with Crippen LogP contribution in [-0.4, -0.2) is 67.6 Å². The molecule has 0 spiro atoms. The highest BCUT2D eigenvalue weighted by Gasteiger charge is 2.30. The van der Waals surface area contributed by atoms with Crippen molar-refractivity contribution in [2.45, 2.75) is 63.5 Å². The molecule has 1 unspecified atom stereocenters. The van der Waals surface area contributed by atoms with Crippen molar-refractivity contribution in [3.8, 4) is 11.4 Å². The minimum Gasteiger partial charge on any atom is -0.480 e. The maximum Gasteiger partial charge on any atom is 0.326 e. The van der Waals surface area contributed by atoms with Crippen molar-refractivity contribution in [2.75, 3.05) is 30.3 Å². The van der Waals surface area contributed by atoms with E-state index in [-0.39, 0.29) is 0 Å². The van der Waals surface area contributed by atoms with E-state index in [0.29, 0.717) is 24.1 Å². The van der Waals surface area contributed by atoms with Crippen LogP contribution in [0.1, 0.15) is 49.8 Å². The molecule has 1 aliphatic carbocycles. The number of carboxylic acid groups (broad SMARTS) is 1. The van der Waals surface area contributed by atoms with Crippen LogP contribution < -0.4 is 10.6 Å². The predicted molar refractivity (Wildman–Crippen MR) is 161 cm³/mol. The fraction of sp³-hybridized carbons (Fsp3) is 0.406. The van der Waals surface area contributed by atoms with Crippen molar-refractivity contribution in [2.24, 2.45) is 0 Å². The number of fused-ring (bicyclic) bond motifs is 2. The van der Waals surface area contributed by atoms with Crippen LogP contribution in [0.5, 0.6) is 0 Å². The Morgan fingerprint density at radius 1 is 1.05 bits per heavy atom. The Morgan fingerprint density at radius 2 is 1.95 bits per heavy atom. The van der Waals surface area contributed by atoms with Crippen LogP contribution in [0.3, 0.4) is 0 Å². The molecule has 9 heteroatoms. The molecular formula is C32H37N7O2. The first-order chi connectivity index (χ1) is 20.1. The lowest BCUT2D eigenvalue weighted by atomic mass is 10.1. The standard InChI is InChI=1S/C32H37N7O2/c40-32(41)28(37-31-26-10-1-2-11-27(26)36-30(38-31)23-8-5-17-33-21-23)16-20-39(25-14-15-25)19-4-3-9-24-13-12-22-7-6-18-34-29(22)35-24/h1-2,5,8,10-13,17,21,25,28H,3-4,6-7,9,14-16,18-20H2,(H,34,35)(H,40,41)(H,36,37,38). The van der Waals surface area contributed by atoms with Crippen molar-refractivity contribution in [3.05, 3.63) is 72.2 Å². The first-order valence-electron chi connectivity index (χ1n) is 14.8. The zero-order chi connectivity index (χ0) is 28.0. The molecule has 9 nitrogen and oxygen atoms in total. The molecule has 41 heavy (non-hydrogen) atoms. The Bertz CT molecular complexity index is 1490. The smallest absolute Gasteiger partial charge is 0.326 e. The van der Waals surface area contributed by atoms with Gasteiger partial charge in [-0.15, -0.1) is 0 Å². The summed E-state index contributed by atoms with van der Waals surface area (Å²) in [5.41, 5.74) is 4.02. The maximum absolute atomic E-state index is 12.4. The number of carbonyl (C=O) groups is 1. The van der Waals surface area contributed by atoms with Crippen LogP contribution in [0.2, 0.25) is 0 Å². The normalized spacial score (nSPS) is 15.3. The fourth-order valence-corrected chi connectivity index (χ4v) is 5.57. The minimum atomic E-state index is -0.876. The number of nitrogens with zero attached hydrogens (tertiary/aromatic N) is 5. The van der Waals surface area contributed by atoms with Crippen LogP contribution in [0, 0.1) is 0 Å². The molecule has 1 atom stereocenters. The minimum absolute atomic E-state index is 0.491. The van der Waals surface area contributed by atoms with Crippen molar-refractivity contribution in [1.82, 2.24) is 24.8 Å². The molecule has 212 valence electrons. The molecule has 0 amide bonds. The first-order valence-corrected chi connectivity index (χ1v) is 14.8. The van der Waals surface area contributed by atoms with Crippen molar-refractivity contribution < 1.29 is 9.90 Å². The van der Waals surface area contributed by atoms with E-state index < -0.39 is 12.0 Å². The van der Waals surface area contributed by atoms with E-state index in [0.717, 1.165) is 73.3 Å². The Balaban J connectivity index is 1.08. The van der Waals surface area contributed by atoms with Gasteiger partial charge in [-0.25, -0.2) is 19.7 Å². The number of nitrogens with one attached hydrogen (secondary N) is 2. The van der Waals surface area contributed by atoms with Crippen LogP contribution in [-0.2, 0) is 17.6 Å². The molecule has 3 aromatic heterocycles. The quantitative estimate of drug-likeness (QED) is 0.193. The van der Waals surface area contributed by atoms with Gasteiger partial charge >= 0.3 is 5.97 Å². The highest BCUT2D eigenvalue weighted by molar-refractivity contribution is 5.92. The lowest BCUT2D eigenvalue weighted by Crippen LogP contribution is -2.36. The summed E-state index contributed by atoms with van der Waals surface area (Å²) in [6.07, 6.45) is 11.7. The Morgan fingerprint density at radius 3 is 2.78 bits per heavy atom. The number of pyridine rings is 2. The summed E-state index contributed by atoms with van der Waals surface area (Å²) < 4.78 is 0. The van der Waals surface area contributed by atoms with Crippen molar-refractivity contribution in [1.29, 1.82) is 0 Å². The molecule has 1 aliphatic heterocycles. The SMILES string of the molecule is O=C(O)C(CCN(CCCCc1ccc2c(n1)NCCC2)C1CC1)Nc1nc(-c2cccnc2)nc2ccccc12. The van der Waals surface area contributed by atoms with Crippen LogP contribution >= 0.6 is 0 Å². The maximum atomic E-state index is 12.4. The lowest BCUT2D eigenvalue weighted by molar-refractivity contribution is -0.138. The molecular weight excluding hydrogens is 514 g/mol. The summed E-state index contributed by atoms with van der Waals surface area (Å²) in [6.45, 7) is 2.71. The summed E-state index contributed by atoms with van der Waals surface area (Å²) in [5, 5.41) is 17.6. The topological polar surface area (TPSA) is 116 Å². The Kier molecular flexibility index (Phi) is 8.32. The number of anilines is 2. The van der Waals surface area contributed by atoms with Gasteiger partial charge in [0, 0.05) is 48.2 Å². The second-order valence-electron chi connectivity index (χ2n) is 11.0. The highest BCUT2D eigenvalue weighted by Crippen LogP contribution is 2.29. The molecule has 6 rings (SSSR count). The van der Waals surface area contributed by atoms with E-state index in [4.69, 9.17) is 15.0 Å². The second kappa shape index (κ2) is 12.6. The number of para-hydroxylation sites is 1. The monoisotopic (exact) mass is 551 g/mol. The van der Waals surface area contributed by atoms with E-state index in [1.807, 2.05) is 36.4 Å². The zero-order valence-electron chi connectivity index (χ0n) is 23.3. The molecule has 3 N–H and O–H groups in total. The molecule has 2 aliphatic rings. The van der Waals surface area contributed by atoms with Gasteiger partial charge in [-0.3, -0.25) is 4.98 Å². The van der Waals surface area contributed by atoms with Gasteiger partial charge in [0.2, 0.25) is 0 Å². The number of carboxylic acids is 1. The molecule has 4 aromatic rings. The summed E-state index contributed by atoms with van der Waals surface area (Å²) in [4.78, 5) is 33.3. The lowest BCUT2D eigenvalue weighted by Gasteiger charge is -2.24. The Labute approximate surface area is 240 Å². The number of benzene rings is 1. The third-order valence-corrected chi connectivity index (χ3v) is 7.98.